The molecule has 0 amide bonds. The number of aromatic nitrogens is 16. The number of aliphatic hydroxyl groups is 4. The first kappa shape index (κ1) is 92.8. The maximum Gasteiger partial charge on any atom is 0.171 e. The lowest BCUT2D eigenvalue weighted by Crippen LogP contribution is -2.52. The average molecular weight is 1740 g/mol. The highest BCUT2D eigenvalue weighted by atomic mass is 16.5. The summed E-state index contributed by atoms with van der Waals surface area (Å²) in [4.78, 5) is 3.40. The van der Waals surface area contributed by atoms with E-state index in [1.165, 1.54) is 208 Å². The van der Waals surface area contributed by atoms with Crippen LogP contribution in [0.5, 0.6) is 0 Å². The number of hydrogen-bond donors (Lipinski definition) is 4. The quantitative estimate of drug-likeness (QED) is 0.0474. The maximum atomic E-state index is 11.1. The van der Waals surface area contributed by atoms with Crippen molar-refractivity contribution in [2.24, 2.45) is 164 Å². The van der Waals surface area contributed by atoms with Crippen molar-refractivity contribution in [1.82, 2.24) is 80.8 Å². The molecular weight excluding hydrogens is 1580 g/mol. The van der Waals surface area contributed by atoms with Crippen molar-refractivity contribution in [2.45, 2.75) is 349 Å². The molecule has 0 spiro atoms. The molecule has 0 aromatic carbocycles. The van der Waals surface area contributed by atoms with Gasteiger partial charge in [-0.15, -0.1) is 30.6 Å². The van der Waals surface area contributed by atoms with Gasteiger partial charge in [0.1, 0.15) is 12.2 Å². The molecule has 16 saturated carbocycles. The van der Waals surface area contributed by atoms with E-state index in [0.29, 0.717) is 135 Å². The molecule has 4 heterocycles. The molecule has 32 atom stereocenters. The third-order valence-electron chi connectivity index (χ3n) is 40.1. The molecule has 126 heavy (non-hydrogen) atoms. The molecule has 0 saturated heterocycles. The van der Waals surface area contributed by atoms with Gasteiger partial charge in [-0.2, -0.15) is 9.59 Å². The highest BCUT2D eigenvalue weighted by molar-refractivity contribution is 5.21. The second-order valence-corrected chi connectivity index (χ2v) is 46.2. The summed E-state index contributed by atoms with van der Waals surface area (Å²) in [5.41, 5.74) is 4.35. The van der Waals surface area contributed by atoms with Crippen molar-refractivity contribution in [3.63, 3.8) is 0 Å². The first-order chi connectivity index (χ1) is 60.5. The minimum absolute atomic E-state index is 0.366. The Kier molecular flexibility index (Phi) is 28.1. The number of tetrazole rings is 4. The van der Waals surface area contributed by atoms with Gasteiger partial charge in [-0.3, -0.25) is 0 Å². The second kappa shape index (κ2) is 38.1. The van der Waals surface area contributed by atoms with Crippen molar-refractivity contribution in [2.75, 3.05) is 52.9 Å². The van der Waals surface area contributed by atoms with Crippen LogP contribution < -0.4 is 0 Å². The van der Waals surface area contributed by atoms with Gasteiger partial charge in [0.05, 0.1) is 75.0 Å². The number of rotatable bonds is 24. The minimum atomic E-state index is -0.586. The maximum absolute atomic E-state index is 11.1. The van der Waals surface area contributed by atoms with Crippen LogP contribution in [0.2, 0.25) is 0 Å². The zero-order valence-corrected chi connectivity index (χ0v) is 79.4. The molecule has 16 fully saturated rings. The molecule has 4 aromatic heterocycles. The largest absolute Gasteiger partial charge is 0.387 e. The van der Waals surface area contributed by atoms with Gasteiger partial charge in [0.15, 0.2) is 12.2 Å². The molecule has 0 radical (unpaired) electrons. The highest BCUT2D eigenvalue weighted by Crippen LogP contribution is 2.71. The molecule has 0 bridgehead atoms. The van der Waals surface area contributed by atoms with Crippen LogP contribution in [-0.2, 0) is 45.1 Å². The van der Waals surface area contributed by atoms with Crippen LogP contribution in [0.15, 0.2) is 61.3 Å². The van der Waals surface area contributed by atoms with Crippen LogP contribution in [-0.4, -0.2) is 177 Å². The van der Waals surface area contributed by atoms with Gasteiger partial charge in [-0.05, 0) is 468 Å². The van der Waals surface area contributed by atoms with E-state index >= 15 is 0 Å². The van der Waals surface area contributed by atoms with Crippen molar-refractivity contribution < 1.29 is 39.4 Å². The van der Waals surface area contributed by atoms with Crippen molar-refractivity contribution in [3.05, 3.63) is 72.9 Å². The summed E-state index contributed by atoms with van der Waals surface area (Å²) < 4.78 is 26.3. The Morgan fingerprint density at radius 3 is 1.00 bits per heavy atom. The van der Waals surface area contributed by atoms with Gasteiger partial charge in [-0.25, -0.2) is 9.36 Å². The number of allylic oxidation sites excluding steroid dienone is 4. The average Bonchev–Trinajstić information content (AvgIpc) is 1.50. The molecule has 0 unspecified atom stereocenters. The lowest BCUT2D eigenvalue weighted by molar-refractivity contribution is -0.127. The van der Waals surface area contributed by atoms with Gasteiger partial charge in [0, 0.05) is 26.4 Å². The molecular formula is C102H164N16O8. The van der Waals surface area contributed by atoms with Gasteiger partial charge >= 0.3 is 0 Å². The fraction of sp³-hybridized carbons (Fsp3) is 0.882. The fourth-order valence-corrected chi connectivity index (χ4v) is 34.7. The van der Waals surface area contributed by atoms with E-state index in [1.807, 2.05) is 50.9 Å². The zero-order valence-electron chi connectivity index (χ0n) is 79.4. The molecule has 20 rings (SSSR count). The predicted octanol–water partition coefficient (Wildman–Crippen LogP) is 17.7. The van der Waals surface area contributed by atoms with Crippen LogP contribution in [0, 0.1) is 178 Å². The van der Waals surface area contributed by atoms with Gasteiger partial charge < -0.3 is 39.4 Å². The van der Waals surface area contributed by atoms with Crippen LogP contribution in [0.25, 0.3) is 0 Å². The van der Waals surface area contributed by atoms with E-state index in [2.05, 4.69) is 116 Å². The van der Waals surface area contributed by atoms with Crippen LogP contribution in [0.3, 0.4) is 0 Å². The van der Waals surface area contributed by atoms with Crippen molar-refractivity contribution >= 4 is 0 Å². The molecule has 0 aliphatic heterocycles. The smallest absolute Gasteiger partial charge is 0.171 e. The number of fused-ring (bicyclic) bond motifs is 20. The highest BCUT2D eigenvalue weighted by Gasteiger charge is 2.64. The summed E-state index contributed by atoms with van der Waals surface area (Å²) in [5.74, 6) is 20.1. The summed E-state index contributed by atoms with van der Waals surface area (Å²) in [6, 6.07) is 0. The Morgan fingerprint density at radius 1 is 0.357 bits per heavy atom. The van der Waals surface area contributed by atoms with Gasteiger partial charge in [0.25, 0.3) is 0 Å². The summed E-state index contributed by atoms with van der Waals surface area (Å²) >= 11 is 0. The normalized spacial score (nSPS) is 43.9. The van der Waals surface area contributed by atoms with Crippen LogP contribution in [0.4, 0.5) is 0 Å². The molecule has 16 aliphatic rings. The minimum Gasteiger partial charge on any atom is -0.387 e. The second-order valence-electron chi connectivity index (χ2n) is 46.2. The molecule has 4 aromatic rings. The molecule has 24 heteroatoms. The first-order valence-electron chi connectivity index (χ1n) is 51.3. The van der Waals surface area contributed by atoms with E-state index in [9.17, 15) is 20.4 Å². The summed E-state index contributed by atoms with van der Waals surface area (Å²) in [6.07, 6.45) is 47.2. The molecule has 24 nitrogen and oxygen atoms in total. The zero-order chi connectivity index (χ0) is 88.3. The van der Waals surface area contributed by atoms with Crippen molar-refractivity contribution in [1.29, 1.82) is 0 Å². The van der Waals surface area contributed by atoms with E-state index in [4.69, 9.17) is 18.9 Å². The van der Waals surface area contributed by atoms with Crippen LogP contribution >= 0.6 is 0 Å². The first-order valence-corrected chi connectivity index (χ1v) is 51.3. The third-order valence-corrected chi connectivity index (χ3v) is 40.1. The van der Waals surface area contributed by atoms with Gasteiger partial charge in [-0.1, -0.05) is 76.3 Å². The molecule has 4 N–H and O–H groups in total. The van der Waals surface area contributed by atoms with E-state index in [-0.39, 0.29) is 0 Å². The van der Waals surface area contributed by atoms with Crippen molar-refractivity contribution in [3.8, 4) is 0 Å². The van der Waals surface area contributed by atoms with E-state index < -0.39 is 22.4 Å². The lowest BCUT2D eigenvalue weighted by atomic mass is 9.48. The Morgan fingerprint density at radius 2 is 0.698 bits per heavy atom. The lowest BCUT2D eigenvalue weighted by Gasteiger charge is -2.57. The topological polar surface area (TPSA) is 292 Å². The van der Waals surface area contributed by atoms with E-state index in [0.717, 1.165) is 171 Å². The summed E-state index contributed by atoms with van der Waals surface area (Å²) in [7, 11) is 0. The predicted molar refractivity (Wildman–Crippen MR) is 485 cm³/mol. The van der Waals surface area contributed by atoms with E-state index in [1.54, 1.807) is 15.9 Å². The monoisotopic (exact) mass is 1740 g/mol. The standard InChI is InChI=1S/2C26H42N4O2.2C25H40N4O2/c1-5-32-16-26(31)13-11-20-19(14-26)6-7-22-21(20)10-12-25(4)23(8-9-24(22)25)17(2)15-30-18(3)27-28-29-30;1-5-32-16-26(31)13-11-20-19(14-26)6-7-22-21(20)10-12-25(4)23(8-9-24(22)25)17(2)15-30-28-18(3)27-29-30;1-4-31-15-25(30)12-10-19-18(13-25)5-6-21-20(19)9-11-24(3)22(7-8-23(21)24)17(2)14-29-16-26-27-28-29;1-4-31-15-25(30)12-10-19-18(13-25)5-6-21-20(19)9-11-24(3)22(7-8-23(21)24)17(2)14-29-27-16-26-28-29/h2*19-24,31H,2,5-16H2,1,3-4H3;2*16,18-23,30H,2,4-15H2,1,3H3/t2*19-,20-,21+,22+,23+,24-,25+,26+;2*18-,19-,20+,21+,22+,23-,24+,25+/m0000/s1. The Hall–Kier alpha value is -5.08. The Balaban J connectivity index is 0.000000119. The number of ether oxygens (including phenoxy) is 4. The van der Waals surface area contributed by atoms with Crippen LogP contribution in [0.1, 0.15) is 298 Å². The number of hydrogen-bond acceptors (Lipinski definition) is 20. The third kappa shape index (κ3) is 18.4. The Labute approximate surface area is 754 Å². The SMILES string of the molecule is C=C(Cn1cnnn1)[C@H]1CC[C@H]2[C@@H]3CC[C@H]4C[C@@](O)(COCC)CC[C@@H]4[C@H]3CC[C@]12C.C=C(Cn1ncnn1)[C@H]1CC[C@H]2[C@@H]3CC[C@H]4C[C@@](O)(COCC)CC[C@@H]4[C@H]3CC[C@]12C.C=C(Cn1nnc(C)n1)[C@H]1CC[C@H]2[C@@H]3CC[C@H]4C[C@@](O)(COCC)CC[C@@H]4[C@H]3CC[C@]12C.C=C(Cn1nnnc1C)[C@H]1CC[C@H]2[C@@H]3CC[C@H]4C[C@@](O)(COCC)CC[C@@H]4[C@H]3CC[C@]12C. The Bertz CT molecular complexity index is 4180. The molecule has 700 valence electrons. The summed E-state index contributed by atoms with van der Waals surface area (Å²) in [6.45, 7) is 48.0. The molecule has 16 aliphatic carbocycles. The fourth-order valence-electron chi connectivity index (χ4n) is 34.7. The number of aryl methyl sites for hydroxylation is 2. The summed E-state index contributed by atoms with van der Waals surface area (Å²) in [5, 5.41) is 92.7. The number of nitrogens with zero attached hydrogens (tertiary/aromatic N) is 16. The van der Waals surface area contributed by atoms with Gasteiger partial charge in [0.2, 0.25) is 0 Å².